The van der Waals surface area contributed by atoms with Crippen molar-refractivity contribution < 1.29 is 28.6 Å². The van der Waals surface area contributed by atoms with Crippen LogP contribution in [0.4, 0.5) is 4.79 Å². The standard InChI is InChI=1S/C13H22N2O6/c1-13(2,3)21-12(18)15-6-10(16)14-5-9-8(7-19-4)11(17)20-9/h8-9H,5-7H2,1-4H3,(H,14,16)(H,15,18). The minimum atomic E-state index is -0.662. The number of methoxy groups -OCH3 is 1. The van der Waals surface area contributed by atoms with Crippen molar-refractivity contribution in [3.05, 3.63) is 0 Å². The van der Waals surface area contributed by atoms with Crippen molar-refractivity contribution in [1.82, 2.24) is 10.6 Å². The van der Waals surface area contributed by atoms with Crippen LogP contribution in [0.3, 0.4) is 0 Å². The van der Waals surface area contributed by atoms with E-state index in [4.69, 9.17) is 14.2 Å². The number of amides is 2. The van der Waals surface area contributed by atoms with E-state index in [9.17, 15) is 14.4 Å². The lowest BCUT2D eigenvalue weighted by atomic mass is 9.98. The Bertz CT molecular complexity index is 404. The lowest BCUT2D eigenvalue weighted by Crippen LogP contribution is -2.54. The van der Waals surface area contributed by atoms with Crippen LogP contribution >= 0.6 is 0 Å². The molecular weight excluding hydrogens is 280 g/mol. The Morgan fingerprint density at radius 2 is 1.95 bits per heavy atom. The van der Waals surface area contributed by atoms with Crippen LogP contribution in [0.2, 0.25) is 0 Å². The van der Waals surface area contributed by atoms with Gasteiger partial charge in [-0.1, -0.05) is 0 Å². The average Bonchev–Trinajstić information content (AvgIpc) is 2.36. The number of esters is 1. The summed E-state index contributed by atoms with van der Waals surface area (Å²) in [6.45, 7) is 5.43. The van der Waals surface area contributed by atoms with E-state index in [-0.39, 0.29) is 43.6 Å². The van der Waals surface area contributed by atoms with E-state index in [1.807, 2.05) is 0 Å². The van der Waals surface area contributed by atoms with Gasteiger partial charge in [0, 0.05) is 7.11 Å². The Hall–Kier alpha value is -1.83. The minimum absolute atomic E-state index is 0.189. The highest BCUT2D eigenvalue weighted by Crippen LogP contribution is 2.21. The first-order chi connectivity index (χ1) is 9.73. The molecule has 2 unspecified atom stereocenters. The summed E-state index contributed by atoms with van der Waals surface area (Å²) in [7, 11) is 1.49. The van der Waals surface area contributed by atoms with Crippen LogP contribution in [0.5, 0.6) is 0 Å². The summed E-state index contributed by atoms with van der Waals surface area (Å²) in [4.78, 5) is 34.0. The van der Waals surface area contributed by atoms with E-state index in [0.29, 0.717) is 0 Å². The third-order valence-corrected chi connectivity index (χ3v) is 2.66. The molecule has 1 rings (SSSR count). The molecule has 0 aromatic carbocycles. The van der Waals surface area contributed by atoms with E-state index in [1.165, 1.54) is 7.11 Å². The Morgan fingerprint density at radius 3 is 2.48 bits per heavy atom. The summed E-state index contributed by atoms with van der Waals surface area (Å²) in [6.07, 6.45) is -1.05. The molecule has 1 fully saturated rings. The zero-order valence-corrected chi connectivity index (χ0v) is 12.7. The number of cyclic esters (lactones) is 1. The van der Waals surface area contributed by atoms with Crippen molar-refractivity contribution in [2.24, 2.45) is 5.92 Å². The van der Waals surface area contributed by atoms with E-state index in [0.717, 1.165) is 0 Å². The number of hydrogen-bond donors (Lipinski definition) is 2. The summed E-state index contributed by atoms with van der Waals surface area (Å²) in [5.74, 6) is -1.07. The van der Waals surface area contributed by atoms with Gasteiger partial charge >= 0.3 is 12.1 Å². The lowest BCUT2D eigenvalue weighted by Gasteiger charge is -2.34. The first-order valence-electron chi connectivity index (χ1n) is 6.66. The highest BCUT2D eigenvalue weighted by molar-refractivity contribution is 5.83. The third kappa shape index (κ3) is 5.99. The largest absolute Gasteiger partial charge is 0.459 e. The van der Waals surface area contributed by atoms with Crippen LogP contribution in [0, 0.1) is 5.92 Å². The molecule has 1 heterocycles. The molecule has 2 atom stereocenters. The molecule has 21 heavy (non-hydrogen) atoms. The van der Waals surface area contributed by atoms with E-state index < -0.39 is 11.7 Å². The second-order valence-electron chi connectivity index (χ2n) is 5.70. The number of ether oxygens (including phenoxy) is 3. The van der Waals surface area contributed by atoms with Gasteiger partial charge in [-0.05, 0) is 20.8 Å². The molecule has 1 saturated heterocycles. The van der Waals surface area contributed by atoms with Gasteiger partial charge in [0.05, 0.1) is 19.7 Å². The molecule has 0 aliphatic carbocycles. The number of carbonyl (C=O) groups is 3. The van der Waals surface area contributed by atoms with Gasteiger partial charge < -0.3 is 24.8 Å². The van der Waals surface area contributed by atoms with Crippen LogP contribution < -0.4 is 10.6 Å². The molecule has 8 heteroatoms. The smallest absolute Gasteiger partial charge is 0.408 e. The predicted octanol–water partition coefficient (Wildman–Crippen LogP) is -0.185. The van der Waals surface area contributed by atoms with Crippen LogP contribution in [-0.2, 0) is 23.8 Å². The highest BCUT2D eigenvalue weighted by Gasteiger charge is 2.42. The fraction of sp³-hybridized carbons (Fsp3) is 0.769. The normalized spacial score (nSPS) is 21.0. The van der Waals surface area contributed by atoms with Crippen LogP contribution in [0.1, 0.15) is 20.8 Å². The Morgan fingerprint density at radius 1 is 1.29 bits per heavy atom. The van der Waals surface area contributed by atoms with Crippen LogP contribution in [0.15, 0.2) is 0 Å². The van der Waals surface area contributed by atoms with Gasteiger partial charge in [-0.2, -0.15) is 0 Å². The molecule has 120 valence electrons. The molecule has 1 aliphatic heterocycles. The number of carbonyl (C=O) groups excluding carboxylic acids is 3. The summed E-state index contributed by atoms with van der Waals surface area (Å²) in [5, 5.41) is 4.91. The Kier molecular flexibility index (Phi) is 5.95. The van der Waals surface area contributed by atoms with Gasteiger partial charge in [0.25, 0.3) is 0 Å². The molecule has 0 aromatic rings. The van der Waals surface area contributed by atoms with Crippen molar-refractivity contribution in [3.8, 4) is 0 Å². The fourth-order valence-electron chi connectivity index (χ4n) is 1.68. The zero-order valence-electron chi connectivity index (χ0n) is 12.7. The quantitative estimate of drug-likeness (QED) is 0.660. The second kappa shape index (κ2) is 7.26. The minimum Gasteiger partial charge on any atom is -0.459 e. The number of hydrogen-bond acceptors (Lipinski definition) is 6. The third-order valence-electron chi connectivity index (χ3n) is 2.66. The molecule has 0 saturated carbocycles. The maximum Gasteiger partial charge on any atom is 0.408 e. The second-order valence-corrected chi connectivity index (χ2v) is 5.70. The molecule has 2 N–H and O–H groups in total. The van der Waals surface area contributed by atoms with Gasteiger partial charge in [0.15, 0.2) is 0 Å². The first-order valence-corrected chi connectivity index (χ1v) is 6.66. The number of nitrogens with one attached hydrogen (secondary N) is 2. The lowest BCUT2D eigenvalue weighted by molar-refractivity contribution is -0.188. The van der Waals surface area contributed by atoms with Gasteiger partial charge in [-0.15, -0.1) is 0 Å². The van der Waals surface area contributed by atoms with Crippen molar-refractivity contribution >= 4 is 18.0 Å². The first kappa shape index (κ1) is 17.2. The molecule has 0 radical (unpaired) electrons. The monoisotopic (exact) mass is 302 g/mol. The molecule has 2 amide bonds. The Labute approximate surface area is 123 Å². The van der Waals surface area contributed by atoms with E-state index in [1.54, 1.807) is 20.8 Å². The van der Waals surface area contributed by atoms with Crippen molar-refractivity contribution in [1.29, 1.82) is 0 Å². The molecule has 1 aliphatic rings. The van der Waals surface area contributed by atoms with E-state index >= 15 is 0 Å². The molecule has 0 bridgehead atoms. The average molecular weight is 302 g/mol. The SMILES string of the molecule is COCC1C(=O)OC1CNC(=O)CNC(=O)OC(C)(C)C. The number of alkyl carbamates (subject to hydrolysis) is 1. The van der Waals surface area contributed by atoms with Crippen LogP contribution in [-0.4, -0.2) is 56.5 Å². The van der Waals surface area contributed by atoms with Gasteiger partial charge in [-0.3, -0.25) is 9.59 Å². The topological polar surface area (TPSA) is 103 Å². The van der Waals surface area contributed by atoms with Crippen molar-refractivity contribution in [2.45, 2.75) is 32.5 Å². The maximum absolute atomic E-state index is 11.6. The summed E-state index contributed by atoms with van der Waals surface area (Å²) >= 11 is 0. The van der Waals surface area contributed by atoms with Gasteiger partial charge in [0.1, 0.15) is 17.6 Å². The fourth-order valence-corrected chi connectivity index (χ4v) is 1.68. The summed E-state index contributed by atoms with van der Waals surface area (Å²) < 4.78 is 14.8. The van der Waals surface area contributed by atoms with Gasteiger partial charge in [0.2, 0.25) is 5.91 Å². The molecule has 8 nitrogen and oxygen atoms in total. The highest BCUT2D eigenvalue weighted by atomic mass is 16.6. The maximum atomic E-state index is 11.6. The molecule has 0 aromatic heterocycles. The Balaban J connectivity index is 2.20. The molecular formula is C13H22N2O6. The summed E-state index contributed by atoms with van der Waals surface area (Å²) in [5.41, 5.74) is -0.617. The van der Waals surface area contributed by atoms with Crippen molar-refractivity contribution in [2.75, 3.05) is 26.8 Å². The zero-order chi connectivity index (χ0) is 16.0. The predicted molar refractivity (Wildman–Crippen MR) is 72.5 cm³/mol. The molecule has 0 spiro atoms. The summed E-state index contributed by atoms with van der Waals surface area (Å²) in [6, 6.07) is 0. The van der Waals surface area contributed by atoms with Gasteiger partial charge in [-0.25, -0.2) is 4.79 Å². The van der Waals surface area contributed by atoms with E-state index in [2.05, 4.69) is 10.6 Å². The van der Waals surface area contributed by atoms with Crippen molar-refractivity contribution in [3.63, 3.8) is 0 Å². The number of rotatable bonds is 6. The van der Waals surface area contributed by atoms with Crippen LogP contribution in [0.25, 0.3) is 0 Å².